The third kappa shape index (κ3) is 7.37. The number of hydrogen-bond donors (Lipinski definition) is 2. The van der Waals surface area contributed by atoms with E-state index >= 15 is 0 Å². The molecule has 3 rings (SSSR count). The number of nitrogens with one attached hydrogen (secondary N) is 2. The molecule has 7 heteroatoms. The Bertz CT molecular complexity index is 1340. The molecule has 3 atom stereocenters. The smallest absolute Gasteiger partial charge is 0.408 e. The van der Waals surface area contributed by atoms with E-state index in [1.165, 1.54) is 4.90 Å². The molecule has 0 aliphatic rings. The Kier molecular flexibility index (Phi) is 9.38. The molecule has 0 aliphatic carbocycles. The van der Waals surface area contributed by atoms with Crippen LogP contribution in [0.5, 0.6) is 0 Å². The first-order chi connectivity index (χ1) is 18.3. The molecule has 3 unspecified atom stereocenters. The highest BCUT2D eigenvalue weighted by atomic mass is 16.6. The lowest BCUT2D eigenvalue weighted by Crippen LogP contribution is -2.53. The van der Waals surface area contributed by atoms with Gasteiger partial charge in [-0.25, -0.2) is 4.79 Å². The Morgan fingerprint density at radius 2 is 1.62 bits per heavy atom. The van der Waals surface area contributed by atoms with Gasteiger partial charge in [0.2, 0.25) is 5.91 Å². The van der Waals surface area contributed by atoms with Gasteiger partial charge in [-0.2, -0.15) is 0 Å². The summed E-state index contributed by atoms with van der Waals surface area (Å²) in [7, 11) is 1.61. The monoisotopic (exact) mass is 531 g/mol. The second-order valence-electron chi connectivity index (χ2n) is 11.2. The zero-order chi connectivity index (χ0) is 28.9. The number of benzene rings is 3. The van der Waals surface area contributed by atoms with Crippen molar-refractivity contribution in [1.29, 1.82) is 0 Å². The van der Waals surface area contributed by atoms with Gasteiger partial charge in [0, 0.05) is 12.7 Å². The van der Waals surface area contributed by atoms with Crippen molar-refractivity contribution in [1.82, 2.24) is 10.2 Å². The molecule has 3 aromatic carbocycles. The van der Waals surface area contributed by atoms with Crippen LogP contribution >= 0.6 is 0 Å². The second kappa shape index (κ2) is 12.3. The molecule has 0 aliphatic heterocycles. The third-order valence-electron chi connectivity index (χ3n) is 7.09. The van der Waals surface area contributed by atoms with Crippen LogP contribution in [0.15, 0.2) is 60.7 Å². The Hall–Kier alpha value is -3.87. The van der Waals surface area contributed by atoms with Crippen LogP contribution < -0.4 is 10.6 Å². The van der Waals surface area contributed by atoms with Crippen LogP contribution in [-0.2, 0) is 14.3 Å². The highest BCUT2D eigenvalue weighted by molar-refractivity contribution is 6.00. The molecular formula is C32H41N3O4. The van der Waals surface area contributed by atoms with Crippen molar-refractivity contribution in [3.05, 3.63) is 77.4 Å². The lowest BCUT2D eigenvalue weighted by molar-refractivity contribution is -0.140. The minimum atomic E-state index is -0.920. The van der Waals surface area contributed by atoms with E-state index in [4.69, 9.17) is 4.74 Å². The quantitative estimate of drug-likeness (QED) is 0.346. The van der Waals surface area contributed by atoms with E-state index in [0.29, 0.717) is 12.1 Å². The van der Waals surface area contributed by atoms with Crippen LogP contribution in [0.25, 0.3) is 10.8 Å². The SMILES string of the molecule is CCC(C)C(NC(=O)OC(C)(C)C)C(=O)N(C)C(C(=O)Nc1ccc2ccccc2c1)c1cccc(C)c1C. The van der Waals surface area contributed by atoms with Gasteiger partial charge in [0.25, 0.3) is 5.91 Å². The first-order valence-electron chi connectivity index (χ1n) is 13.4. The van der Waals surface area contributed by atoms with E-state index in [0.717, 1.165) is 27.5 Å². The number of ether oxygens (including phenoxy) is 1. The average molecular weight is 532 g/mol. The first-order valence-corrected chi connectivity index (χ1v) is 13.4. The highest BCUT2D eigenvalue weighted by Gasteiger charge is 2.37. The molecule has 7 nitrogen and oxygen atoms in total. The molecule has 0 radical (unpaired) electrons. The predicted molar refractivity (Wildman–Crippen MR) is 157 cm³/mol. The fourth-order valence-electron chi connectivity index (χ4n) is 4.54. The first kappa shape index (κ1) is 29.7. The van der Waals surface area contributed by atoms with E-state index in [1.807, 2.05) is 88.4 Å². The summed E-state index contributed by atoms with van der Waals surface area (Å²) in [6.07, 6.45) is -0.0178. The van der Waals surface area contributed by atoms with E-state index in [2.05, 4.69) is 10.6 Å². The van der Waals surface area contributed by atoms with Gasteiger partial charge in [0.1, 0.15) is 17.7 Å². The summed E-state index contributed by atoms with van der Waals surface area (Å²) in [5.74, 6) is -0.889. The number of alkyl carbamates (subject to hydrolysis) is 1. The molecule has 0 heterocycles. The Morgan fingerprint density at radius 1 is 0.949 bits per heavy atom. The van der Waals surface area contributed by atoms with Gasteiger partial charge in [-0.3, -0.25) is 9.59 Å². The van der Waals surface area contributed by atoms with Crippen LogP contribution in [-0.4, -0.2) is 41.5 Å². The van der Waals surface area contributed by atoms with Gasteiger partial charge in [-0.05, 0) is 80.1 Å². The number of aryl methyl sites for hydroxylation is 1. The molecule has 3 aromatic rings. The van der Waals surface area contributed by atoms with Crippen LogP contribution in [0.3, 0.4) is 0 Å². The molecule has 0 saturated carbocycles. The van der Waals surface area contributed by atoms with Crippen molar-refractivity contribution in [2.24, 2.45) is 5.92 Å². The molecule has 0 saturated heterocycles. The highest BCUT2D eigenvalue weighted by Crippen LogP contribution is 2.29. The number of amides is 3. The largest absolute Gasteiger partial charge is 0.444 e. The summed E-state index contributed by atoms with van der Waals surface area (Å²) in [5.41, 5.74) is 2.60. The molecule has 0 aromatic heterocycles. The molecular weight excluding hydrogens is 490 g/mol. The molecule has 0 fully saturated rings. The van der Waals surface area contributed by atoms with Crippen molar-refractivity contribution in [2.45, 2.75) is 72.6 Å². The maximum atomic E-state index is 14.0. The Labute approximate surface area is 231 Å². The van der Waals surface area contributed by atoms with Gasteiger partial charge in [-0.1, -0.05) is 68.8 Å². The van der Waals surface area contributed by atoms with Gasteiger partial charge >= 0.3 is 6.09 Å². The fourth-order valence-corrected chi connectivity index (χ4v) is 4.54. The fraction of sp³-hybridized carbons (Fsp3) is 0.406. The number of hydrogen-bond acceptors (Lipinski definition) is 4. The summed E-state index contributed by atoms with van der Waals surface area (Å²) in [6.45, 7) is 13.1. The zero-order valence-corrected chi connectivity index (χ0v) is 24.3. The second-order valence-corrected chi connectivity index (χ2v) is 11.2. The summed E-state index contributed by atoms with van der Waals surface area (Å²) in [4.78, 5) is 42.0. The summed E-state index contributed by atoms with van der Waals surface area (Å²) >= 11 is 0. The number of fused-ring (bicyclic) bond motifs is 1. The summed E-state index contributed by atoms with van der Waals surface area (Å²) in [5, 5.41) is 7.86. The molecule has 208 valence electrons. The number of anilines is 1. The van der Waals surface area contributed by atoms with Crippen LogP contribution in [0.4, 0.5) is 10.5 Å². The standard InChI is InChI=1S/C32H41N3O4/c1-9-20(2)27(34-31(38)39-32(5,6)7)30(37)35(8)28(26-16-12-13-21(3)22(26)4)29(36)33-25-18-17-23-14-10-11-15-24(23)19-25/h10-20,27-28H,9H2,1-8H3,(H,33,36)(H,34,38). The van der Waals surface area contributed by atoms with Crippen molar-refractivity contribution in [3.63, 3.8) is 0 Å². The molecule has 39 heavy (non-hydrogen) atoms. The van der Waals surface area contributed by atoms with E-state index < -0.39 is 23.8 Å². The lowest BCUT2D eigenvalue weighted by atomic mass is 9.93. The van der Waals surface area contributed by atoms with Crippen molar-refractivity contribution in [3.8, 4) is 0 Å². The van der Waals surface area contributed by atoms with Gasteiger partial charge in [0.05, 0.1) is 0 Å². The van der Waals surface area contributed by atoms with Gasteiger partial charge < -0.3 is 20.3 Å². The summed E-state index contributed by atoms with van der Waals surface area (Å²) < 4.78 is 5.43. The lowest BCUT2D eigenvalue weighted by Gasteiger charge is -2.34. The number of carbonyl (C=O) groups is 3. The molecule has 3 amide bonds. The van der Waals surface area contributed by atoms with Crippen LogP contribution in [0.1, 0.15) is 63.8 Å². The van der Waals surface area contributed by atoms with E-state index in [-0.39, 0.29) is 17.7 Å². The minimum Gasteiger partial charge on any atom is -0.444 e. The maximum Gasteiger partial charge on any atom is 0.408 e. The van der Waals surface area contributed by atoms with E-state index in [9.17, 15) is 14.4 Å². The Morgan fingerprint density at radius 3 is 2.26 bits per heavy atom. The number of carbonyl (C=O) groups excluding carboxylic acids is 3. The van der Waals surface area contributed by atoms with Crippen molar-refractivity contribution < 1.29 is 19.1 Å². The van der Waals surface area contributed by atoms with Gasteiger partial charge in [0.15, 0.2) is 0 Å². The minimum absolute atomic E-state index is 0.185. The zero-order valence-electron chi connectivity index (χ0n) is 24.3. The normalized spacial score (nSPS) is 13.7. The molecule has 0 bridgehead atoms. The topological polar surface area (TPSA) is 87.7 Å². The average Bonchev–Trinajstić information content (AvgIpc) is 2.87. The molecule has 2 N–H and O–H groups in total. The van der Waals surface area contributed by atoms with Crippen LogP contribution in [0, 0.1) is 19.8 Å². The van der Waals surface area contributed by atoms with Gasteiger partial charge in [-0.15, -0.1) is 0 Å². The molecule has 0 spiro atoms. The van der Waals surface area contributed by atoms with Crippen molar-refractivity contribution in [2.75, 3.05) is 12.4 Å². The van der Waals surface area contributed by atoms with Crippen molar-refractivity contribution >= 4 is 34.4 Å². The number of nitrogens with zero attached hydrogens (tertiary/aromatic N) is 1. The third-order valence-corrected chi connectivity index (χ3v) is 7.09. The number of likely N-dealkylation sites (N-methyl/N-ethyl adjacent to an activating group) is 1. The Balaban J connectivity index is 1.98. The number of rotatable bonds is 8. The van der Waals surface area contributed by atoms with E-state index in [1.54, 1.807) is 27.8 Å². The van der Waals surface area contributed by atoms with Crippen LogP contribution in [0.2, 0.25) is 0 Å². The predicted octanol–water partition coefficient (Wildman–Crippen LogP) is 6.53. The maximum absolute atomic E-state index is 14.0. The summed E-state index contributed by atoms with van der Waals surface area (Å²) in [6, 6.07) is 17.6.